The van der Waals surface area contributed by atoms with Crippen molar-refractivity contribution < 1.29 is 4.92 Å². The van der Waals surface area contributed by atoms with Gasteiger partial charge in [0.25, 0.3) is 0 Å². The van der Waals surface area contributed by atoms with Crippen LogP contribution in [-0.2, 0) is 6.54 Å². The Hall–Kier alpha value is -2.67. The molecule has 2 rings (SSSR count). The molecule has 1 heterocycles. The van der Waals surface area contributed by atoms with E-state index in [0.29, 0.717) is 18.8 Å². The molecule has 0 spiro atoms. The van der Waals surface area contributed by atoms with Crippen LogP contribution < -0.4 is 16.2 Å². The largest absolute Gasteiger partial charge is 0.360 e. The zero-order valence-corrected chi connectivity index (χ0v) is 11.7. The van der Waals surface area contributed by atoms with Crippen molar-refractivity contribution in [3.8, 4) is 0 Å². The van der Waals surface area contributed by atoms with Gasteiger partial charge < -0.3 is 10.3 Å². The summed E-state index contributed by atoms with van der Waals surface area (Å²) in [5.74, 6) is 5.37. The minimum absolute atomic E-state index is 0.0298. The topological polar surface area (TPSA) is 97.3 Å². The Kier molecular flexibility index (Phi) is 4.68. The van der Waals surface area contributed by atoms with Gasteiger partial charge >= 0.3 is 5.69 Å². The van der Waals surface area contributed by atoms with Crippen molar-refractivity contribution in [1.29, 1.82) is 0 Å². The lowest BCUT2D eigenvalue weighted by Gasteiger charge is -2.23. The van der Waals surface area contributed by atoms with Gasteiger partial charge in [-0.25, -0.2) is 0 Å². The van der Waals surface area contributed by atoms with Gasteiger partial charge in [0.2, 0.25) is 0 Å². The molecule has 0 amide bonds. The van der Waals surface area contributed by atoms with E-state index < -0.39 is 4.92 Å². The Labute approximate surface area is 122 Å². The Morgan fingerprint density at radius 2 is 2.14 bits per heavy atom. The number of rotatable bonds is 6. The number of hydrazine groups is 1. The van der Waals surface area contributed by atoms with Gasteiger partial charge in [0, 0.05) is 12.7 Å². The fourth-order valence-electron chi connectivity index (χ4n) is 2.15. The van der Waals surface area contributed by atoms with Crippen LogP contribution in [0.4, 0.5) is 17.1 Å². The minimum Gasteiger partial charge on any atom is -0.360 e. The minimum atomic E-state index is -0.425. The Balaban J connectivity index is 2.40. The molecule has 7 nitrogen and oxygen atoms in total. The van der Waals surface area contributed by atoms with Crippen molar-refractivity contribution in [2.75, 3.05) is 16.9 Å². The summed E-state index contributed by atoms with van der Waals surface area (Å²) in [4.78, 5) is 17.1. The van der Waals surface area contributed by atoms with Gasteiger partial charge in [0.05, 0.1) is 17.2 Å². The van der Waals surface area contributed by atoms with Gasteiger partial charge in [-0.3, -0.25) is 20.9 Å². The highest BCUT2D eigenvalue weighted by molar-refractivity contribution is 5.76. The van der Waals surface area contributed by atoms with Crippen molar-refractivity contribution in [3.63, 3.8) is 0 Å². The van der Waals surface area contributed by atoms with Crippen molar-refractivity contribution in [2.24, 2.45) is 5.84 Å². The molecule has 21 heavy (non-hydrogen) atoms. The van der Waals surface area contributed by atoms with Crippen LogP contribution in [0, 0.1) is 10.1 Å². The monoisotopic (exact) mass is 287 g/mol. The second-order valence-electron chi connectivity index (χ2n) is 4.41. The quantitative estimate of drug-likeness (QED) is 0.480. The molecule has 2 aromatic rings. The van der Waals surface area contributed by atoms with Crippen molar-refractivity contribution in [3.05, 3.63) is 58.4 Å². The number of nitro groups is 1. The van der Waals surface area contributed by atoms with Crippen LogP contribution >= 0.6 is 0 Å². The number of hydrogen-bond acceptors (Lipinski definition) is 6. The number of benzene rings is 1. The number of nitrogens with one attached hydrogen (secondary N) is 1. The van der Waals surface area contributed by atoms with E-state index in [1.165, 1.54) is 0 Å². The maximum Gasteiger partial charge on any atom is 0.316 e. The number of para-hydroxylation sites is 1. The summed E-state index contributed by atoms with van der Waals surface area (Å²) in [6, 6.07) is 10.6. The average Bonchev–Trinajstić information content (AvgIpc) is 2.52. The summed E-state index contributed by atoms with van der Waals surface area (Å²) in [5.41, 5.74) is 4.00. The molecule has 0 radical (unpaired) electrons. The summed E-state index contributed by atoms with van der Waals surface area (Å²) in [6.45, 7) is 3.05. The molecule has 0 fully saturated rings. The number of pyridine rings is 1. The summed E-state index contributed by atoms with van der Waals surface area (Å²) in [7, 11) is 0. The van der Waals surface area contributed by atoms with E-state index in [2.05, 4.69) is 10.4 Å². The first-order valence-corrected chi connectivity index (χ1v) is 6.56. The summed E-state index contributed by atoms with van der Waals surface area (Å²) in [6.07, 6.45) is 1.70. The van der Waals surface area contributed by atoms with E-state index in [1.807, 2.05) is 30.0 Å². The van der Waals surface area contributed by atoms with Crippen molar-refractivity contribution >= 4 is 17.1 Å². The summed E-state index contributed by atoms with van der Waals surface area (Å²) >= 11 is 0. The van der Waals surface area contributed by atoms with Crippen LogP contribution in [0.2, 0.25) is 0 Å². The van der Waals surface area contributed by atoms with Gasteiger partial charge in [0.15, 0.2) is 0 Å². The zero-order chi connectivity index (χ0) is 15.2. The molecule has 0 bridgehead atoms. The molecule has 0 aliphatic carbocycles. The van der Waals surface area contributed by atoms with Crippen LogP contribution in [0.1, 0.15) is 12.6 Å². The van der Waals surface area contributed by atoms with Crippen LogP contribution in [-0.4, -0.2) is 16.5 Å². The van der Waals surface area contributed by atoms with E-state index in [1.54, 1.807) is 24.4 Å². The standard InChI is InChI=1S/C14H17N5O2/c1-2-18(10-11-6-3-4-9-16-11)13-8-5-7-12(17-15)14(13)19(20)21/h3-9,17H,2,10,15H2,1H3. The van der Waals surface area contributed by atoms with Crippen LogP contribution in [0.25, 0.3) is 0 Å². The fraction of sp³-hybridized carbons (Fsp3) is 0.214. The van der Waals surface area contributed by atoms with E-state index in [-0.39, 0.29) is 11.4 Å². The van der Waals surface area contributed by atoms with E-state index >= 15 is 0 Å². The molecule has 0 atom stereocenters. The fourth-order valence-corrected chi connectivity index (χ4v) is 2.15. The lowest BCUT2D eigenvalue weighted by molar-refractivity contribution is -0.383. The lowest BCUT2D eigenvalue weighted by Crippen LogP contribution is -2.24. The van der Waals surface area contributed by atoms with Crippen LogP contribution in [0.15, 0.2) is 42.6 Å². The Morgan fingerprint density at radius 1 is 1.33 bits per heavy atom. The lowest BCUT2D eigenvalue weighted by atomic mass is 10.2. The number of nitrogens with two attached hydrogens (primary N) is 1. The SMILES string of the molecule is CCN(Cc1ccccn1)c1cccc(NN)c1[N+](=O)[O-]. The highest BCUT2D eigenvalue weighted by atomic mass is 16.6. The molecule has 0 aliphatic heterocycles. The van der Waals surface area contributed by atoms with Gasteiger partial charge in [-0.1, -0.05) is 12.1 Å². The molecule has 3 N–H and O–H groups in total. The third-order valence-electron chi connectivity index (χ3n) is 3.15. The number of nitrogens with zero attached hydrogens (tertiary/aromatic N) is 3. The summed E-state index contributed by atoms with van der Waals surface area (Å²) < 4.78 is 0. The molecule has 7 heteroatoms. The summed E-state index contributed by atoms with van der Waals surface area (Å²) in [5, 5.41) is 11.3. The Morgan fingerprint density at radius 3 is 2.71 bits per heavy atom. The second-order valence-corrected chi connectivity index (χ2v) is 4.41. The number of nitrogen functional groups attached to an aromatic ring is 1. The molecule has 0 aliphatic rings. The molecule has 1 aromatic carbocycles. The normalized spacial score (nSPS) is 10.2. The first kappa shape index (κ1) is 14.7. The Bertz CT molecular complexity index is 618. The predicted octanol–water partition coefficient (Wildman–Crippen LogP) is 2.30. The van der Waals surface area contributed by atoms with Crippen molar-refractivity contribution in [1.82, 2.24) is 4.98 Å². The first-order chi connectivity index (χ1) is 10.2. The molecule has 1 aromatic heterocycles. The highest BCUT2D eigenvalue weighted by Crippen LogP contribution is 2.35. The number of nitro benzene ring substituents is 1. The average molecular weight is 287 g/mol. The first-order valence-electron chi connectivity index (χ1n) is 6.56. The zero-order valence-electron chi connectivity index (χ0n) is 11.7. The molecule has 0 unspecified atom stereocenters. The van der Waals surface area contributed by atoms with Gasteiger partial charge in [-0.05, 0) is 31.2 Å². The molecule has 110 valence electrons. The third kappa shape index (κ3) is 3.26. The van der Waals surface area contributed by atoms with E-state index in [4.69, 9.17) is 5.84 Å². The number of aromatic nitrogens is 1. The maximum atomic E-state index is 11.3. The molecular formula is C14H17N5O2. The van der Waals surface area contributed by atoms with Crippen LogP contribution in [0.5, 0.6) is 0 Å². The smallest absolute Gasteiger partial charge is 0.316 e. The van der Waals surface area contributed by atoms with Crippen molar-refractivity contribution in [2.45, 2.75) is 13.5 Å². The highest BCUT2D eigenvalue weighted by Gasteiger charge is 2.23. The van der Waals surface area contributed by atoms with Gasteiger partial charge in [-0.15, -0.1) is 0 Å². The maximum absolute atomic E-state index is 11.3. The van der Waals surface area contributed by atoms with Crippen LogP contribution in [0.3, 0.4) is 0 Å². The number of hydrogen-bond donors (Lipinski definition) is 2. The second kappa shape index (κ2) is 6.67. The molecular weight excluding hydrogens is 270 g/mol. The number of anilines is 2. The van der Waals surface area contributed by atoms with Gasteiger partial charge in [-0.2, -0.15) is 0 Å². The molecule has 0 saturated heterocycles. The van der Waals surface area contributed by atoms with Gasteiger partial charge in [0.1, 0.15) is 11.4 Å². The van der Waals surface area contributed by atoms with E-state index in [0.717, 1.165) is 5.69 Å². The third-order valence-corrected chi connectivity index (χ3v) is 3.15. The van der Waals surface area contributed by atoms with E-state index in [9.17, 15) is 10.1 Å². The predicted molar refractivity (Wildman–Crippen MR) is 81.9 cm³/mol. The molecule has 0 saturated carbocycles.